The van der Waals surface area contributed by atoms with Crippen molar-refractivity contribution >= 4 is 18.9 Å². The molecule has 0 bridgehead atoms. The number of aryl methyl sites for hydroxylation is 7. The van der Waals surface area contributed by atoms with E-state index in [-0.39, 0.29) is 21.1 Å². The van der Waals surface area contributed by atoms with E-state index in [1.165, 1.54) is 22.4 Å². The fourth-order valence-electron chi connectivity index (χ4n) is 4.38. The van der Waals surface area contributed by atoms with Gasteiger partial charge in [0.05, 0.1) is 11.4 Å². The molecular formula is C28H32BN6Pt. The fourth-order valence-corrected chi connectivity index (χ4v) is 4.38. The van der Waals surface area contributed by atoms with Gasteiger partial charge in [-0.2, -0.15) is 40.5 Å². The molecule has 0 amide bonds. The van der Waals surface area contributed by atoms with Crippen LogP contribution in [0.1, 0.15) is 39.5 Å². The zero-order valence-electron chi connectivity index (χ0n) is 21.9. The minimum absolute atomic E-state index is 0. The van der Waals surface area contributed by atoms with Gasteiger partial charge in [0.25, 0.3) is 0 Å². The standard InChI is InChI=1S/C18H18N2.C10H14BN4.Pt/c1-14-11-15(2)18(16(3)12-14)20-10-9-19(13-20)17-7-5-4-6-8-17;1-7-5-9(3)14(12-7)11-15-10(4)6-8(2)13-15;/h4-7,9-13H,1-3H3;5-6H,1-4H3;/q-2;;+2. The van der Waals surface area contributed by atoms with Crippen molar-refractivity contribution in [3.8, 4) is 0 Å². The Labute approximate surface area is 230 Å². The Morgan fingerprint density at radius 1 is 0.750 bits per heavy atom. The first-order valence-electron chi connectivity index (χ1n) is 11.8. The average molecular weight is 658 g/mol. The molecule has 36 heavy (non-hydrogen) atoms. The first-order valence-corrected chi connectivity index (χ1v) is 11.8. The summed E-state index contributed by atoms with van der Waals surface area (Å²) in [5.41, 5.74) is 10.5. The third kappa shape index (κ3) is 6.38. The van der Waals surface area contributed by atoms with Crippen molar-refractivity contribution < 1.29 is 21.1 Å². The van der Waals surface area contributed by atoms with Crippen LogP contribution in [-0.4, -0.2) is 26.9 Å². The first kappa shape index (κ1) is 27.5. The van der Waals surface area contributed by atoms with Gasteiger partial charge < -0.3 is 9.80 Å². The first-order chi connectivity index (χ1) is 16.7. The van der Waals surface area contributed by atoms with E-state index < -0.39 is 0 Å². The van der Waals surface area contributed by atoms with Crippen LogP contribution in [0.3, 0.4) is 0 Å². The van der Waals surface area contributed by atoms with E-state index in [0.29, 0.717) is 0 Å². The minimum atomic E-state index is 0. The Hall–Kier alpha value is -3.05. The van der Waals surface area contributed by atoms with Gasteiger partial charge in [-0.3, -0.25) is 9.19 Å². The largest absolute Gasteiger partial charge is 2.00 e. The van der Waals surface area contributed by atoms with Crippen LogP contribution in [0.4, 0.5) is 11.4 Å². The van der Waals surface area contributed by atoms with E-state index in [2.05, 4.69) is 84.1 Å². The fraction of sp³-hybridized carbons (Fsp3) is 0.250. The second kappa shape index (κ2) is 11.8. The molecular weight excluding hydrogens is 626 g/mol. The molecule has 8 heteroatoms. The molecule has 0 saturated carbocycles. The molecule has 0 spiro atoms. The number of para-hydroxylation sites is 1. The van der Waals surface area contributed by atoms with E-state index in [0.717, 1.165) is 28.5 Å². The van der Waals surface area contributed by atoms with Crippen molar-refractivity contribution in [1.29, 1.82) is 0 Å². The summed E-state index contributed by atoms with van der Waals surface area (Å²) in [7, 11) is 1.89. The molecule has 0 atom stereocenters. The predicted octanol–water partition coefficient (Wildman–Crippen LogP) is 5.57. The maximum atomic E-state index is 4.36. The number of hydrogen-bond acceptors (Lipinski definition) is 4. The molecule has 3 heterocycles. The molecule has 6 nitrogen and oxygen atoms in total. The Balaban J connectivity index is 0.000000203. The summed E-state index contributed by atoms with van der Waals surface area (Å²) in [6, 6.07) is 19.8. The quantitative estimate of drug-likeness (QED) is 0.213. The number of hydrogen-bond donors (Lipinski definition) is 0. The summed E-state index contributed by atoms with van der Waals surface area (Å²) in [6.07, 6.45) is 4.15. The molecule has 1 aliphatic heterocycles. The van der Waals surface area contributed by atoms with Crippen LogP contribution in [0.25, 0.3) is 0 Å². The molecule has 4 aromatic rings. The zero-order valence-corrected chi connectivity index (χ0v) is 24.2. The number of aromatic nitrogens is 4. The number of nitrogens with zero attached hydrogens (tertiary/aromatic N) is 6. The topological polar surface area (TPSA) is 42.1 Å². The SMILES string of the molecule is Cc1cc(C)c(N2C=CN(c3[c-]cccc3)[CH-]2)c(C)c1.Cc1cc(C)n([B]n2nc(C)cc2C)n1.[Pt+2]. The number of rotatable bonds is 4. The van der Waals surface area contributed by atoms with Gasteiger partial charge in [0.2, 0.25) is 0 Å². The molecule has 0 unspecified atom stereocenters. The zero-order chi connectivity index (χ0) is 25.1. The van der Waals surface area contributed by atoms with Crippen molar-refractivity contribution in [3.63, 3.8) is 0 Å². The van der Waals surface area contributed by atoms with Crippen molar-refractivity contribution in [2.45, 2.75) is 48.5 Å². The van der Waals surface area contributed by atoms with Gasteiger partial charge in [0.15, 0.2) is 0 Å². The molecule has 0 aliphatic carbocycles. The van der Waals surface area contributed by atoms with Gasteiger partial charge in [-0.15, -0.1) is 12.4 Å². The molecule has 2 aromatic heterocycles. The van der Waals surface area contributed by atoms with Gasteiger partial charge in [0.1, 0.15) is 0 Å². The second-order valence-corrected chi connectivity index (χ2v) is 9.08. The van der Waals surface area contributed by atoms with Crippen LogP contribution in [0.2, 0.25) is 0 Å². The molecule has 5 rings (SSSR count). The van der Waals surface area contributed by atoms with Gasteiger partial charge in [-0.1, -0.05) is 17.7 Å². The monoisotopic (exact) mass is 658 g/mol. The second-order valence-electron chi connectivity index (χ2n) is 9.08. The van der Waals surface area contributed by atoms with Crippen LogP contribution >= 0.6 is 0 Å². The average Bonchev–Trinajstić information content (AvgIpc) is 3.48. The molecule has 0 N–H and O–H groups in total. The number of benzene rings is 2. The van der Waals surface area contributed by atoms with Crippen molar-refractivity contribution in [3.05, 3.63) is 113 Å². The van der Waals surface area contributed by atoms with Crippen LogP contribution in [-0.2, 0) is 21.1 Å². The van der Waals surface area contributed by atoms with Crippen molar-refractivity contribution in [2.75, 3.05) is 9.80 Å². The van der Waals surface area contributed by atoms with Crippen molar-refractivity contribution in [2.24, 2.45) is 0 Å². The molecule has 187 valence electrons. The summed E-state index contributed by atoms with van der Waals surface area (Å²) in [4.78, 5) is 4.25. The summed E-state index contributed by atoms with van der Waals surface area (Å²) in [6.45, 7) is 16.6. The van der Waals surface area contributed by atoms with E-state index in [1.807, 2.05) is 74.8 Å². The van der Waals surface area contributed by atoms with E-state index in [9.17, 15) is 0 Å². The van der Waals surface area contributed by atoms with Gasteiger partial charge in [-0.25, -0.2) is 0 Å². The Morgan fingerprint density at radius 3 is 1.78 bits per heavy atom. The molecule has 2 aromatic carbocycles. The van der Waals surface area contributed by atoms with Gasteiger partial charge in [0, 0.05) is 17.1 Å². The third-order valence-electron chi connectivity index (χ3n) is 5.81. The van der Waals surface area contributed by atoms with Crippen LogP contribution in [0, 0.1) is 61.2 Å². The minimum Gasteiger partial charge on any atom is -0.500 e. The predicted molar refractivity (Wildman–Crippen MR) is 144 cm³/mol. The van der Waals surface area contributed by atoms with E-state index in [4.69, 9.17) is 0 Å². The summed E-state index contributed by atoms with van der Waals surface area (Å²) in [5.74, 6) is 0. The Morgan fingerprint density at radius 2 is 1.31 bits per heavy atom. The Bertz CT molecular complexity index is 1270. The van der Waals surface area contributed by atoms with Gasteiger partial charge >= 0.3 is 28.6 Å². The molecule has 0 fully saturated rings. The summed E-state index contributed by atoms with van der Waals surface area (Å²) >= 11 is 0. The normalized spacial score (nSPS) is 12.3. The van der Waals surface area contributed by atoms with Crippen LogP contribution in [0.15, 0.2) is 60.9 Å². The smallest absolute Gasteiger partial charge is 0.500 e. The van der Waals surface area contributed by atoms with E-state index >= 15 is 0 Å². The molecule has 1 radical (unpaired) electrons. The maximum absolute atomic E-state index is 4.36. The van der Waals surface area contributed by atoms with Crippen LogP contribution < -0.4 is 9.80 Å². The summed E-state index contributed by atoms with van der Waals surface area (Å²) in [5, 5.41) is 8.71. The van der Waals surface area contributed by atoms with Crippen LogP contribution in [0.5, 0.6) is 0 Å². The molecule has 1 aliphatic rings. The molecule has 0 saturated heterocycles. The van der Waals surface area contributed by atoms with Gasteiger partial charge in [-0.05, 0) is 84.1 Å². The number of anilines is 2. The maximum Gasteiger partial charge on any atom is 2.00 e. The third-order valence-corrected chi connectivity index (χ3v) is 5.81. The van der Waals surface area contributed by atoms with Crippen molar-refractivity contribution in [1.82, 2.24) is 19.4 Å². The van der Waals surface area contributed by atoms with E-state index in [1.54, 1.807) is 0 Å². The Kier molecular flexibility index (Phi) is 9.02. The summed E-state index contributed by atoms with van der Waals surface area (Å²) < 4.78 is 3.68.